The molecule has 8 heteroatoms. The Morgan fingerprint density at radius 2 is 1.89 bits per heavy atom. The summed E-state index contributed by atoms with van der Waals surface area (Å²) in [5.74, 6) is 0.238. The zero-order valence-corrected chi connectivity index (χ0v) is 14.9. The number of imidazole rings is 1. The summed E-state index contributed by atoms with van der Waals surface area (Å²) in [6.07, 6.45) is 3.23. The minimum atomic E-state index is -0.502. The Bertz CT molecular complexity index is 1200. The van der Waals surface area contributed by atoms with Crippen molar-refractivity contribution in [3.8, 4) is 5.82 Å². The standard InChI is InChI=1S/C20H15N5O3/c1-13-15(5-4-8-17(13)25(27)28)20(26)23-14-9-10-19(21-11-14)24-12-22-16-6-2-3-7-18(16)24/h2-12H,1H3,(H,23,26). The average molecular weight is 373 g/mol. The first-order valence-electron chi connectivity index (χ1n) is 8.48. The number of anilines is 1. The normalized spacial score (nSPS) is 10.8. The molecule has 0 fully saturated rings. The van der Waals surface area contributed by atoms with Crippen LogP contribution < -0.4 is 5.32 Å². The molecule has 0 atom stereocenters. The van der Waals surface area contributed by atoms with Gasteiger partial charge in [0.2, 0.25) is 0 Å². The van der Waals surface area contributed by atoms with Crippen LogP contribution in [-0.2, 0) is 0 Å². The molecule has 28 heavy (non-hydrogen) atoms. The van der Waals surface area contributed by atoms with E-state index in [4.69, 9.17) is 0 Å². The van der Waals surface area contributed by atoms with Gasteiger partial charge in [-0.05, 0) is 37.3 Å². The van der Waals surface area contributed by atoms with Crippen LogP contribution in [0.4, 0.5) is 11.4 Å². The number of fused-ring (bicyclic) bond motifs is 1. The van der Waals surface area contributed by atoms with E-state index in [0.29, 0.717) is 17.1 Å². The molecule has 2 heterocycles. The first-order chi connectivity index (χ1) is 13.5. The van der Waals surface area contributed by atoms with Gasteiger partial charge >= 0.3 is 0 Å². The first-order valence-corrected chi connectivity index (χ1v) is 8.48. The van der Waals surface area contributed by atoms with Gasteiger partial charge in [-0.25, -0.2) is 9.97 Å². The van der Waals surface area contributed by atoms with Crippen molar-refractivity contribution in [2.45, 2.75) is 6.92 Å². The van der Waals surface area contributed by atoms with E-state index in [2.05, 4.69) is 15.3 Å². The fourth-order valence-electron chi connectivity index (χ4n) is 3.01. The molecule has 0 saturated heterocycles. The Morgan fingerprint density at radius 1 is 1.07 bits per heavy atom. The van der Waals surface area contributed by atoms with E-state index in [9.17, 15) is 14.9 Å². The molecule has 4 aromatic rings. The summed E-state index contributed by atoms with van der Waals surface area (Å²) >= 11 is 0. The number of amides is 1. The van der Waals surface area contributed by atoms with Crippen LogP contribution >= 0.6 is 0 Å². The van der Waals surface area contributed by atoms with Crippen LogP contribution in [0, 0.1) is 17.0 Å². The lowest BCUT2D eigenvalue weighted by Gasteiger charge is -2.09. The lowest BCUT2D eigenvalue weighted by Crippen LogP contribution is -2.14. The number of nitrogens with zero attached hydrogens (tertiary/aromatic N) is 4. The summed E-state index contributed by atoms with van der Waals surface area (Å²) in [5, 5.41) is 13.8. The molecule has 8 nitrogen and oxygen atoms in total. The quantitative estimate of drug-likeness (QED) is 0.432. The largest absolute Gasteiger partial charge is 0.321 e. The molecule has 0 aliphatic heterocycles. The predicted octanol–water partition coefficient (Wildman–Crippen LogP) is 3.89. The molecule has 0 bridgehead atoms. The molecule has 2 aromatic heterocycles. The Kier molecular flexibility index (Phi) is 4.29. The van der Waals surface area contributed by atoms with E-state index >= 15 is 0 Å². The Morgan fingerprint density at radius 3 is 2.64 bits per heavy atom. The number of pyridine rings is 1. The lowest BCUT2D eigenvalue weighted by molar-refractivity contribution is -0.385. The van der Waals surface area contributed by atoms with E-state index < -0.39 is 10.8 Å². The van der Waals surface area contributed by atoms with Crippen LogP contribution in [0.15, 0.2) is 67.1 Å². The van der Waals surface area contributed by atoms with Crippen molar-refractivity contribution in [1.29, 1.82) is 0 Å². The maximum absolute atomic E-state index is 12.5. The average Bonchev–Trinajstić information content (AvgIpc) is 3.12. The van der Waals surface area contributed by atoms with Crippen molar-refractivity contribution in [3.63, 3.8) is 0 Å². The van der Waals surface area contributed by atoms with Gasteiger partial charge in [0.25, 0.3) is 11.6 Å². The Labute approximate surface area is 159 Å². The van der Waals surface area contributed by atoms with Crippen LogP contribution in [0.1, 0.15) is 15.9 Å². The number of carbonyl (C=O) groups is 1. The van der Waals surface area contributed by atoms with Crippen molar-refractivity contribution in [2.24, 2.45) is 0 Å². The third-order valence-corrected chi connectivity index (χ3v) is 4.45. The van der Waals surface area contributed by atoms with Crippen LogP contribution in [0.2, 0.25) is 0 Å². The van der Waals surface area contributed by atoms with Gasteiger partial charge < -0.3 is 5.32 Å². The zero-order chi connectivity index (χ0) is 19.7. The van der Waals surface area contributed by atoms with Crippen LogP contribution in [0.3, 0.4) is 0 Å². The summed E-state index contributed by atoms with van der Waals surface area (Å²) < 4.78 is 1.85. The Hall–Kier alpha value is -4.07. The molecular formula is C20H15N5O3. The fourth-order valence-corrected chi connectivity index (χ4v) is 3.01. The number of aromatic nitrogens is 3. The molecule has 4 rings (SSSR count). The van der Waals surface area contributed by atoms with Gasteiger partial charge in [0.1, 0.15) is 12.1 Å². The van der Waals surface area contributed by atoms with Gasteiger partial charge in [0, 0.05) is 17.2 Å². The number of para-hydroxylation sites is 2. The lowest BCUT2D eigenvalue weighted by atomic mass is 10.1. The van der Waals surface area contributed by atoms with Gasteiger partial charge in [-0.2, -0.15) is 0 Å². The smallest absolute Gasteiger partial charge is 0.273 e. The van der Waals surface area contributed by atoms with Gasteiger partial charge in [-0.15, -0.1) is 0 Å². The van der Waals surface area contributed by atoms with Gasteiger partial charge in [-0.3, -0.25) is 19.5 Å². The van der Waals surface area contributed by atoms with E-state index in [1.54, 1.807) is 31.5 Å². The number of carbonyl (C=O) groups excluding carboxylic acids is 1. The molecule has 0 unspecified atom stereocenters. The van der Waals surface area contributed by atoms with Crippen LogP contribution in [0.5, 0.6) is 0 Å². The van der Waals surface area contributed by atoms with Crippen molar-refractivity contribution < 1.29 is 9.72 Å². The van der Waals surface area contributed by atoms with Crippen molar-refractivity contribution in [3.05, 3.63) is 88.4 Å². The molecule has 2 aromatic carbocycles. The SMILES string of the molecule is Cc1c(C(=O)Nc2ccc(-n3cnc4ccccc43)nc2)cccc1[N+](=O)[O-]. The van der Waals surface area contributed by atoms with Crippen molar-refractivity contribution in [1.82, 2.24) is 14.5 Å². The number of hydrogen-bond acceptors (Lipinski definition) is 5. The molecule has 0 aliphatic rings. The zero-order valence-electron chi connectivity index (χ0n) is 14.9. The molecule has 0 aliphatic carbocycles. The minimum Gasteiger partial charge on any atom is -0.321 e. The second kappa shape index (κ2) is 6.92. The number of hydrogen-bond donors (Lipinski definition) is 1. The van der Waals surface area contributed by atoms with E-state index in [-0.39, 0.29) is 11.3 Å². The molecule has 0 spiro atoms. The number of rotatable bonds is 4. The van der Waals surface area contributed by atoms with Crippen LogP contribution in [0.25, 0.3) is 16.9 Å². The van der Waals surface area contributed by atoms with Gasteiger partial charge in [0.05, 0.1) is 27.8 Å². The molecule has 0 radical (unpaired) electrons. The second-order valence-electron chi connectivity index (χ2n) is 6.17. The minimum absolute atomic E-state index is 0.0897. The van der Waals surface area contributed by atoms with Gasteiger partial charge in [-0.1, -0.05) is 18.2 Å². The molecule has 1 N–H and O–H groups in total. The topological polar surface area (TPSA) is 103 Å². The number of nitrogens with one attached hydrogen (secondary N) is 1. The highest BCUT2D eigenvalue weighted by Gasteiger charge is 2.18. The summed E-state index contributed by atoms with van der Waals surface area (Å²) in [4.78, 5) is 31.8. The summed E-state index contributed by atoms with van der Waals surface area (Å²) in [6, 6.07) is 15.6. The number of benzene rings is 2. The van der Waals surface area contributed by atoms with E-state index in [0.717, 1.165) is 11.0 Å². The van der Waals surface area contributed by atoms with Crippen molar-refractivity contribution in [2.75, 3.05) is 5.32 Å². The molecule has 138 valence electrons. The van der Waals surface area contributed by atoms with E-state index in [1.165, 1.54) is 18.3 Å². The maximum atomic E-state index is 12.5. The number of nitro groups is 1. The highest BCUT2D eigenvalue weighted by molar-refractivity contribution is 6.05. The summed E-state index contributed by atoms with van der Waals surface area (Å²) in [5.41, 5.74) is 2.76. The molecule has 0 saturated carbocycles. The third kappa shape index (κ3) is 3.07. The summed E-state index contributed by atoms with van der Waals surface area (Å²) in [6.45, 7) is 1.55. The first kappa shape index (κ1) is 17.3. The van der Waals surface area contributed by atoms with Gasteiger partial charge in [0.15, 0.2) is 0 Å². The van der Waals surface area contributed by atoms with Crippen molar-refractivity contribution >= 4 is 28.3 Å². The molecular weight excluding hydrogens is 358 g/mol. The second-order valence-corrected chi connectivity index (χ2v) is 6.17. The van der Waals surface area contributed by atoms with Crippen LogP contribution in [-0.4, -0.2) is 25.4 Å². The highest BCUT2D eigenvalue weighted by atomic mass is 16.6. The predicted molar refractivity (Wildman–Crippen MR) is 105 cm³/mol. The molecule has 1 amide bonds. The highest BCUT2D eigenvalue weighted by Crippen LogP contribution is 2.22. The monoisotopic (exact) mass is 373 g/mol. The number of nitro benzene ring substituents is 1. The third-order valence-electron chi connectivity index (χ3n) is 4.45. The maximum Gasteiger partial charge on any atom is 0.273 e. The van der Waals surface area contributed by atoms with E-state index in [1.807, 2.05) is 28.8 Å². The fraction of sp³-hybridized carbons (Fsp3) is 0.0500. The summed E-state index contributed by atoms with van der Waals surface area (Å²) in [7, 11) is 0. The Balaban J connectivity index is 1.58.